The molecule has 1 aliphatic heterocycles. The molecular formula is C10H13FN2O2S. The van der Waals surface area contributed by atoms with E-state index in [1.54, 1.807) is 0 Å². The van der Waals surface area contributed by atoms with Gasteiger partial charge in [0.1, 0.15) is 11.5 Å². The molecule has 0 aliphatic carbocycles. The van der Waals surface area contributed by atoms with Crippen molar-refractivity contribution in [2.75, 3.05) is 22.3 Å². The Morgan fingerprint density at radius 3 is 2.69 bits per heavy atom. The van der Waals surface area contributed by atoms with Crippen LogP contribution in [0.15, 0.2) is 18.2 Å². The third-order valence-electron chi connectivity index (χ3n) is 2.58. The van der Waals surface area contributed by atoms with Crippen LogP contribution in [0.3, 0.4) is 0 Å². The van der Waals surface area contributed by atoms with E-state index in [9.17, 15) is 12.8 Å². The van der Waals surface area contributed by atoms with Crippen LogP contribution in [-0.2, 0) is 10.0 Å². The first-order chi connectivity index (χ1) is 7.42. The van der Waals surface area contributed by atoms with Gasteiger partial charge in [0.25, 0.3) is 0 Å². The summed E-state index contributed by atoms with van der Waals surface area (Å²) >= 11 is 0. The van der Waals surface area contributed by atoms with E-state index in [1.165, 1.54) is 18.2 Å². The summed E-state index contributed by atoms with van der Waals surface area (Å²) in [6.45, 7) is 2.10. The molecule has 1 unspecified atom stereocenters. The van der Waals surface area contributed by atoms with Gasteiger partial charge in [-0.2, -0.15) is 0 Å². The maximum absolute atomic E-state index is 13.6. The zero-order valence-corrected chi connectivity index (χ0v) is 9.67. The predicted molar refractivity (Wildman–Crippen MR) is 61.1 cm³/mol. The average molecular weight is 244 g/mol. The molecule has 2 rings (SSSR count). The Morgan fingerprint density at radius 2 is 2.19 bits per heavy atom. The van der Waals surface area contributed by atoms with Gasteiger partial charge in [-0.15, -0.1) is 0 Å². The van der Waals surface area contributed by atoms with Gasteiger partial charge >= 0.3 is 0 Å². The third kappa shape index (κ3) is 1.73. The summed E-state index contributed by atoms with van der Waals surface area (Å²) < 4.78 is 38.2. The van der Waals surface area contributed by atoms with Gasteiger partial charge < -0.3 is 5.73 Å². The fraction of sp³-hybridized carbons (Fsp3) is 0.400. The highest BCUT2D eigenvalue weighted by Gasteiger charge is 2.36. The van der Waals surface area contributed by atoms with Crippen molar-refractivity contribution in [2.45, 2.75) is 6.92 Å². The van der Waals surface area contributed by atoms with Gasteiger partial charge in [-0.1, -0.05) is 13.0 Å². The fourth-order valence-electron chi connectivity index (χ4n) is 1.92. The number of halogens is 1. The molecule has 1 aromatic rings. The van der Waals surface area contributed by atoms with Gasteiger partial charge in [-0.3, -0.25) is 4.31 Å². The van der Waals surface area contributed by atoms with Gasteiger partial charge in [0.05, 0.1) is 11.4 Å². The van der Waals surface area contributed by atoms with Gasteiger partial charge in [0, 0.05) is 6.54 Å². The second-order valence-electron chi connectivity index (χ2n) is 4.09. The summed E-state index contributed by atoms with van der Waals surface area (Å²) in [5.41, 5.74) is 5.75. The molecule has 1 heterocycles. The third-order valence-corrected chi connectivity index (χ3v) is 4.57. The number of nitrogen functional groups attached to an aromatic ring is 1. The standard InChI is InChI=1S/C10H13FN2O2S/c1-7-5-13(16(14,15)6-7)10-8(11)3-2-4-9(10)12/h2-4,7H,5-6,12H2,1H3. The Balaban J connectivity index is 2.53. The molecule has 0 amide bonds. The summed E-state index contributed by atoms with van der Waals surface area (Å²) in [6.07, 6.45) is 0. The van der Waals surface area contributed by atoms with E-state index < -0.39 is 15.8 Å². The lowest BCUT2D eigenvalue weighted by atomic mass is 10.2. The highest BCUT2D eigenvalue weighted by Crippen LogP contribution is 2.33. The summed E-state index contributed by atoms with van der Waals surface area (Å²) in [4.78, 5) is 0. The summed E-state index contributed by atoms with van der Waals surface area (Å²) in [6, 6.07) is 4.17. The van der Waals surface area contributed by atoms with Crippen LogP contribution in [0.1, 0.15) is 6.92 Å². The summed E-state index contributed by atoms with van der Waals surface area (Å²) in [5.74, 6) is -0.567. The van der Waals surface area contributed by atoms with Crippen molar-refractivity contribution in [1.29, 1.82) is 0 Å². The van der Waals surface area contributed by atoms with Gasteiger partial charge in [-0.05, 0) is 18.1 Å². The van der Waals surface area contributed by atoms with Crippen LogP contribution in [0.5, 0.6) is 0 Å². The highest BCUT2D eigenvalue weighted by atomic mass is 32.2. The smallest absolute Gasteiger partial charge is 0.235 e. The van der Waals surface area contributed by atoms with Crippen molar-refractivity contribution in [3.05, 3.63) is 24.0 Å². The fourth-order valence-corrected chi connectivity index (χ4v) is 3.88. The molecule has 88 valence electrons. The lowest BCUT2D eigenvalue weighted by Gasteiger charge is -2.19. The van der Waals surface area contributed by atoms with Crippen molar-refractivity contribution < 1.29 is 12.8 Å². The predicted octanol–water partition coefficient (Wildman–Crippen LogP) is 1.19. The molecule has 16 heavy (non-hydrogen) atoms. The van der Waals surface area contributed by atoms with Crippen LogP contribution in [0.25, 0.3) is 0 Å². The summed E-state index contributed by atoms with van der Waals surface area (Å²) in [7, 11) is -3.42. The number of sulfonamides is 1. The monoisotopic (exact) mass is 244 g/mol. The molecule has 1 atom stereocenters. The van der Waals surface area contributed by atoms with E-state index in [0.717, 1.165) is 4.31 Å². The molecule has 1 aromatic carbocycles. The Hall–Kier alpha value is -1.30. The largest absolute Gasteiger partial charge is 0.397 e. The van der Waals surface area contributed by atoms with E-state index in [1.807, 2.05) is 6.92 Å². The second kappa shape index (κ2) is 3.62. The van der Waals surface area contributed by atoms with E-state index >= 15 is 0 Å². The molecule has 2 N–H and O–H groups in total. The van der Waals surface area contributed by atoms with Crippen LogP contribution < -0.4 is 10.0 Å². The SMILES string of the molecule is CC1CN(c2c(N)cccc2F)S(=O)(=O)C1. The minimum absolute atomic E-state index is 0.0102. The zero-order chi connectivity index (χ0) is 11.9. The lowest BCUT2D eigenvalue weighted by Crippen LogP contribution is -2.27. The Labute approximate surface area is 93.9 Å². The van der Waals surface area contributed by atoms with E-state index in [-0.39, 0.29) is 29.6 Å². The van der Waals surface area contributed by atoms with Crippen LogP contribution in [0, 0.1) is 11.7 Å². The molecule has 0 aromatic heterocycles. The number of para-hydroxylation sites is 1. The van der Waals surface area contributed by atoms with E-state index in [4.69, 9.17) is 5.73 Å². The highest BCUT2D eigenvalue weighted by molar-refractivity contribution is 7.93. The molecule has 0 radical (unpaired) electrons. The van der Waals surface area contributed by atoms with E-state index in [0.29, 0.717) is 0 Å². The number of rotatable bonds is 1. The molecule has 1 aliphatic rings. The molecule has 0 saturated carbocycles. The number of hydrogen-bond acceptors (Lipinski definition) is 3. The topological polar surface area (TPSA) is 63.4 Å². The second-order valence-corrected chi connectivity index (χ2v) is 6.03. The van der Waals surface area contributed by atoms with Crippen molar-refractivity contribution in [3.8, 4) is 0 Å². The minimum Gasteiger partial charge on any atom is -0.397 e. The van der Waals surface area contributed by atoms with Crippen LogP contribution in [-0.4, -0.2) is 20.7 Å². The number of benzene rings is 1. The number of hydrogen-bond donors (Lipinski definition) is 1. The molecule has 4 nitrogen and oxygen atoms in total. The maximum atomic E-state index is 13.6. The van der Waals surface area contributed by atoms with Gasteiger partial charge in [0.15, 0.2) is 0 Å². The first-order valence-corrected chi connectivity index (χ1v) is 6.57. The Kier molecular flexibility index (Phi) is 2.53. The zero-order valence-electron chi connectivity index (χ0n) is 8.85. The Bertz CT molecular complexity index is 495. The average Bonchev–Trinajstić information content (AvgIpc) is 2.39. The molecule has 6 heteroatoms. The van der Waals surface area contributed by atoms with Crippen molar-refractivity contribution in [3.63, 3.8) is 0 Å². The van der Waals surface area contributed by atoms with E-state index in [2.05, 4.69) is 0 Å². The minimum atomic E-state index is -3.42. The van der Waals surface area contributed by atoms with Gasteiger partial charge in [-0.25, -0.2) is 12.8 Å². The molecular weight excluding hydrogens is 231 g/mol. The molecule has 0 spiro atoms. The normalized spacial score (nSPS) is 23.6. The van der Waals surface area contributed by atoms with Crippen LogP contribution in [0.2, 0.25) is 0 Å². The number of anilines is 2. The number of nitrogens with zero attached hydrogens (tertiary/aromatic N) is 1. The van der Waals surface area contributed by atoms with Crippen molar-refractivity contribution >= 4 is 21.4 Å². The van der Waals surface area contributed by atoms with Crippen LogP contribution in [0.4, 0.5) is 15.8 Å². The first-order valence-electron chi connectivity index (χ1n) is 4.96. The molecule has 1 fully saturated rings. The van der Waals surface area contributed by atoms with Gasteiger partial charge in [0.2, 0.25) is 10.0 Å². The molecule has 1 saturated heterocycles. The van der Waals surface area contributed by atoms with Crippen molar-refractivity contribution in [1.82, 2.24) is 0 Å². The lowest BCUT2D eigenvalue weighted by molar-refractivity contribution is 0.594. The molecule has 0 bridgehead atoms. The van der Waals surface area contributed by atoms with Crippen LogP contribution >= 0.6 is 0 Å². The Morgan fingerprint density at radius 1 is 1.50 bits per heavy atom. The summed E-state index contributed by atoms with van der Waals surface area (Å²) in [5, 5.41) is 0. The number of nitrogens with two attached hydrogens (primary N) is 1. The first kappa shape index (κ1) is 11.2. The van der Waals surface area contributed by atoms with Crippen molar-refractivity contribution in [2.24, 2.45) is 5.92 Å². The maximum Gasteiger partial charge on any atom is 0.235 e. The quantitative estimate of drug-likeness (QED) is 0.755.